The smallest absolute Gasteiger partial charge is 0.409 e. The molecule has 1 aromatic rings. The van der Waals surface area contributed by atoms with E-state index in [0.717, 1.165) is 5.56 Å². The molecule has 1 aromatic carbocycles. The molecule has 1 saturated heterocycles. The second kappa shape index (κ2) is 7.11. The highest BCUT2D eigenvalue weighted by atomic mass is 19.1. The molecule has 22 heavy (non-hydrogen) atoms. The van der Waals surface area contributed by atoms with Gasteiger partial charge < -0.3 is 19.9 Å². The average Bonchev–Trinajstić information content (AvgIpc) is 2.51. The van der Waals surface area contributed by atoms with Crippen LogP contribution >= 0.6 is 0 Å². The van der Waals surface area contributed by atoms with Crippen molar-refractivity contribution in [2.75, 3.05) is 38.1 Å². The van der Waals surface area contributed by atoms with E-state index in [0.29, 0.717) is 38.5 Å². The fourth-order valence-electron chi connectivity index (χ4n) is 2.23. The van der Waals surface area contributed by atoms with Crippen LogP contribution in [0.2, 0.25) is 0 Å². The number of carbonyl (C=O) groups is 2. The van der Waals surface area contributed by atoms with Gasteiger partial charge in [-0.1, -0.05) is 6.07 Å². The number of hydrogen-bond donors (Lipinski definition) is 1. The van der Waals surface area contributed by atoms with Crippen LogP contribution in [-0.4, -0.2) is 54.7 Å². The molecule has 1 aliphatic rings. The number of aryl methyl sites for hydroxylation is 1. The second-order valence-corrected chi connectivity index (χ2v) is 5.06. The maximum absolute atomic E-state index is 13.2. The number of urea groups is 1. The van der Waals surface area contributed by atoms with Crippen LogP contribution in [0.15, 0.2) is 18.2 Å². The quantitative estimate of drug-likeness (QED) is 0.912. The summed E-state index contributed by atoms with van der Waals surface area (Å²) in [5.41, 5.74) is 1.25. The normalized spacial score (nSPS) is 14.7. The van der Waals surface area contributed by atoms with E-state index >= 15 is 0 Å². The number of nitrogens with zero attached hydrogens (tertiary/aromatic N) is 2. The van der Waals surface area contributed by atoms with Gasteiger partial charge in [0, 0.05) is 31.9 Å². The van der Waals surface area contributed by atoms with Gasteiger partial charge in [0.2, 0.25) is 0 Å². The molecular formula is C15H20FN3O3. The Morgan fingerprint density at radius 1 is 1.23 bits per heavy atom. The molecule has 1 heterocycles. The van der Waals surface area contributed by atoms with Gasteiger partial charge in [0.25, 0.3) is 0 Å². The molecule has 0 saturated carbocycles. The summed E-state index contributed by atoms with van der Waals surface area (Å²) in [6, 6.07) is 3.96. The zero-order chi connectivity index (χ0) is 16.1. The molecule has 120 valence electrons. The minimum Gasteiger partial charge on any atom is -0.450 e. The fourth-order valence-corrected chi connectivity index (χ4v) is 2.23. The minimum absolute atomic E-state index is 0.294. The van der Waals surface area contributed by atoms with Crippen LogP contribution in [-0.2, 0) is 4.74 Å². The lowest BCUT2D eigenvalue weighted by Crippen LogP contribution is -2.51. The molecule has 3 amide bonds. The molecule has 6 nitrogen and oxygen atoms in total. The number of hydrogen-bond acceptors (Lipinski definition) is 3. The van der Waals surface area contributed by atoms with Crippen molar-refractivity contribution in [1.82, 2.24) is 9.80 Å². The molecule has 2 rings (SSSR count). The number of benzene rings is 1. The summed E-state index contributed by atoms with van der Waals surface area (Å²) in [4.78, 5) is 26.9. The van der Waals surface area contributed by atoms with Crippen molar-refractivity contribution in [1.29, 1.82) is 0 Å². The van der Waals surface area contributed by atoms with Gasteiger partial charge >= 0.3 is 12.1 Å². The van der Waals surface area contributed by atoms with Gasteiger partial charge in [-0.25, -0.2) is 14.0 Å². The number of halogens is 1. The lowest BCUT2D eigenvalue weighted by molar-refractivity contribution is 0.0868. The third-order valence-corrected chi connectivity index (χ3v) is 3.53. The summed E-state index contributed by atoms with van der Waals surface area (Å²) < 4.78 is 18.2. The molecule has 0 atom stereocenters. The first-order valence-corrected chi connectivity index (χ1v) is 7.25. The Balaban J connectivity index is 1.90. The third kappa shape index (κ3) is 3.87. The molecule has 1 N–H and O–H groups in total. The van der Waals surface area contributed by atoms with E-state index < -0.39 is 5.82 Å². The van der Waals surface area contributed by atoms with E-state index in [-0.39, 0.29) is 12.1 Å². The van der Waals surface area contributed by atoms with Crippen LogP contribution in [0.4, 0.5) is 19.7 Å². The van der Waals surface area contributed by atoms with E-state index in [1.807, 2.05) is 0 Å². The fraction of sp³-hybridized carbons (Fsp3) is 0.467. The lowest BCUT2D eigenvalue weighted by Gasteiger charge is -2.34. The first kappa shape index (κ1) is 16.1. The Morgan fingerprint density at radius 2 is 1.86 bits per heavy atom. The molecule has 0 aromatic heterocycles. The first-order chi connectivity index (χ1) is 10.5. The van der Waals surface area contributed by atoms with Gasteiger partial charge in [0.15, 0.2) is 0 Å². The van der Waals surface area contributed by atoms with Crippen molar-refractivity contribution in [3.63, 3.8) is 0 Å². The monoisotopic (exact) mass is 309 g/mol. The van der Waals surface area contributed by atoms with Gasteiger partial charge in [-0.2, -0.15) is 0 Å². The summed E-state index contributed by atoms with van der Waals surface area (Å²) in [5.74, 6) is -0.395. The number of carbonyl (C=O) groups excluding carboxylic acids is 2. The Hall–Kier alpha value is -2.31. The standard InChI is InChI=1S/C15H20FN3O3/c1-3-22-15(21)19-8-6-18(7-9-19)14(20)17-13-10-12(16)5-4-11(13)2/h4-5,10H,3,6-9H2,1-2H3,(H,17,20). The SMILES string of the molecule is CCOC(=O)N1CCN(C(=O)Nc2cc(F)ccc2C)CC1. The second-order valence-electron chi connectivity index (χ2n) is 5.06. The Bertz CT molecular complexity index is 557. The lowest BCUT2D eigenvalue weighted by atomic mass is 10.2. The van der Waals surface area contributed by atoms with Crippen molar-refractivity contribution in [3.05, 3.63) is 29.6 Å². The zero-order valence-corrected chi connectivity index (χ0v) is 12.8. The summed E-state index contributed by atoms with van der Waals surface area (Å²) in [7, 11) is 0. The molecule has 0 bridgehead atoms. The highest BCUT2D eigenvalue weighted by Crippen LogP contribution is 2.17. The number of piperazine rings is 1. The molecule has 0 spiro atoms. The Morgan fingerprint density at radius 3 is 2.50 bits per heavy atom. The summed E-state index contributed by atoms with van der Waals surface area (Å²) in [6.45, 7) is 5.57. The van der Waals surface area contributed by atoms with Crippen LogP contribution in [0.1, 0.15) is 12.5 Å². The van der Waals surface area contributed by atoms with Crippen LogP contribution in [0.3, 0.4) is 0 Å². The summed E-state index contributed by atoms with van der Waals surface area (Å²) >= 11 is 0. The molecule has 0 unspecified atom stereocenters. The largest absolute Gasteiger partial charge is 0.450 e. The van der Waals surface area contributed by atoms with E-state index in [2.05, 4.69) is 5.32 Å². The Kier molecular flexibility index (Phi) is 5.19. The van der Waals surface area contributed by atoms with Crippen molar-refractivity contribution in [2.45, 2.75) is 13.8 Å². The van der Waals surface area contributed by atoms with Crippen molar-refractivity contribution >= 4 is 17.8 Å². The summed E-state index contributed by atoms with van der Waals surface area (Å²) in [6.07, 6.45) is -0.358. The number of rotatable bonds is 2. The predicted molar refractivity (Wildman–Crippen MR) is 80.3 cm³/mol. The maximum atomic E-state index is 13.2. The van der Waals surface area contributed by atoms with Gasteiger partial charge in [-0.15, -0.1) is 0 Å². The third-order valence-electron chi connectivity index (χ3n) is 3.53. The summed E-state index contributed by atoms with van der Waals surface area (Å²) in [5, 5.41) is 2.70. The van der Waals surface area contributed by atoms with Crippen molar-refractivity contribution < 1.29 is 18.7 Å². The van der Waals surface area contributed by atoms with Crippen LogP contribution in [0, 0.1) is 12.7 Å². The molecule has 7 heteroatoms. The van der Waals surface area contributed by atoms with E-state index in [4.69, 9.17) is 4.74 Å². The average molecular weight is 309 g/mol. The Labute approximate surface area is 128 Å². The topological polar surface area (TPSA) is 61.9 Å². The van der Waals surface area contributed by atoms with Crippen LogP contribution in [0.25, 0.3) is 0 Å². The van der Waals surface area contributed by atoms with Crippen molar-refractivity contribution in [3.8, 4) is 0 Å². The number of nitrogens with one attached hydrogen (secondary N) is 1. The van der Waals surface area contributed by atoms with Gasteiger partial charge in [-0.05, 0) is 31.5 Å². The van der Waals surface area contributed by atoms with E-state index in [1.165, 1.54) is 12.1 Å². The number of ether oxygens (including phenoxy) is 1. The van der Waals surface area contributed by atoms with Gasteiger partial charge in [0.05, 0.1) is 6.61 Å². The highest BCUT2D eigenvalue weighted by Gasteiger charge is 2.25. The predicted octanol–water partition coefficient (Wildman–Crippen LogP) is 2.44. The first-order valence-electron chi connectivity index (χ1n) is 7.25. The van der Waals surface area contributed by atoms with E-state index in [1.54, 1.807) is 29.7 Å². The zero-order valence-electron chi connectivity index (χ0n) is 12.8. The minimum atomic E-state index is -0.395. The molecular weight excluding hydrogens is 289 g/mol. The van der Waals surface area contributed by atoms with Crippen LogP contribution in [0.5, 0.6) is 0 Å². The molecule has 1 aliphatic heterocycles. The van der Waals surface area contributed by atoms with Crippen LogP contribution < -0.4 is 5.32 Å². The van der Waals surface area contributed by atoms with Crippen molar-refractivity contribution in [2.24, 2.45) is 0 Å². The van der Waals surface area contributed by atoms with E-state index in [9.17, 15) is 14.0 Å². The highest BCUT2D eigenvalue weighted by molar-refractivity contribution is 5.90. The molecule has 0 aliphatic carbocycles. The van der Waals surface area contributed by atoms with Gasteiger partial charge in [-0.3, -0.25) is 0 Å². The molecule has 1 fully saturated rings. The van der Waals surface area contributed by atoms with Gasteiger partial charge in [0.1, 0.15) is 5.82 Å². The number of amides is 3. The molecule has 0 radical (unpaired) electrons. The maximum Gasteiger partial charge on any atom is 0.409 e. The number of anilines is 1.